The number of hydrogen-bond acceptors (Lipinski definition) is 2. The van der Waals surface area contributed by atoms with Gasteiger partial charge in [-0.2, -0.15) is 0 Å². The summed E-state index contributed by atoms with van der Waals surface area (Å²) in [6, 6.07) is 7.63. The smallest absolute Gasteiger partial charge is 0.256 e. The predicted molar refractivity (Wildman–Crippen MR) is 83.2 cm³/mol. The van der Waals surface area contributed by atoms with Crippen LogP contribution in [0.4, 0.5) is 0 Å². The number of carbonyl (C=O) groups excluding carboxylic acids is 2. The molecule has 0 aliphatic heterocycles. The van der Waals surface area contributed by atoms with Crippen molar-refractivity contribution in [1.29, 1.82) is 0 Å². The molecule has 2 rings (SSSR count). The Morgan fingerprint density at radius 1 is 1.29 bits per heavy atom. The minimum Gasteiger partial charge on any atom is -0.360 e. The topological polar surface area (TPSA) is 65.2 Å². The van der Waals surface area contributed by atoms with Gasteiger partial charge in [0.25, 0.3) is 5.91 Å². The molecule has 1 aromatic heterocycles. The third kappa shape index (κ3) is 3.62. The van der Waals surface area contributed by atoms with Gasteiger partial charge in [0.15, 0.2) is 0 Å². The van der Waals surface area contributed by atoms with E-state index in [0.29, 0.717) is 12.1 Å². The number of unbranched alkanes of at least 4 members (excludes halogenated alkanes) is 1. The first-order valence-electron chi connectivity index (χ1n) is 7.21. The predicted octanol–water partition coefficient (Wildman–Crippen LogP) is 2.16. The number of nitrogens with zero attached hydrogens (tertiary/aromatic N) is 1. The van der Waals surface area contributed by atoms with E-state index >= 15 is 0 Å². The van der Waals surface area contributed by atoms with Gasteiger partial charge in [-0.1, -0.05) is 31.5 Å². The highest BCUT2D eigenvalue weighted by Gasteiger charge is 2.17. The van der Waals surface area contributed by atoms with Crippen LogP contribution in [0.2, 0.25) is 0 Å². The maximum Gasteiger partial charge on any atom is 0.256 e. The summed E-state index contributed by atoms with van der Waals surface area (Å²) in [6.45, 7) is 2.80. The van der Waals surface area contributed by atoms with Crippen LogP contribution in [0.1, 0.15) is 30.1 Å². The number of para-hydroxylation sites is 1. The van der Waals surface area contributed by atoms with Crippen LogP contribution < -0.4 is 5.32 Å². The van der Waals surface area contributed by atoms with Gasteiger partial charge < -0.3 is 15.2 Å². The lowest BCUT2D eigenvalue weighted by Gasteiger charge is -2.16. The van der Waals surface area contributed by atoms with E-state index in [1.54, 1.807) is 13.2 Å². The number of amides is 2. The zero-order valence-corrected chi connectivity index (χ0v) is 12.5. The molecule has 0 aliphatic rings. The zero-order chi connectivity index (χ0) is 15.2. The van der Waals surface area contributed by atoms with Gasteiger partial charge in [-0.25, -0.2) is 0 Å². The minimum atomic E-state index is -0.155. The van der Waals surface area contributed by atoms with Crippen LogP contribution in [-0.2, 0) is 4.79 Å². The molecule has 2 aromatic rings. The monoisotopic (exact) mass is 287 g/mol. The third-order valence-electron chi connectivity index (χ3n) is 3.40. The molecule has 0 aliphatic carbocycles. The van der Waals surface area contributed by atoms with E-state index in [1.165, 1.54) is 4.90 Å². The van der Waals surface area contributed by atoms with Crippen LogP contribution in [-0.4, -0.2) is 41.8 Å². The van der Waals surface area contributed by atoms with Crippen molar-refractivity contribution in [1.82, 2.24) is 15.2 Å². The van der Waals surface area contributed by atoms with E-state index in [0.717, 1.165) is 23.7 Å². The second kappa shape index (κ2) is 6.92. The minimum absolute atomic E-state index is 0.0715. The van der Waals surface area contributed by atoms with Crippen LogP contribution in [0.3, 0.4) is 0 Å². The molecule has 112 valence electrons. The van der Waals surface area contributed by atoms with Gasteiger partial charge in [0, 0.05) is 30.7 Å². The van der Waals surface area contributed by atoms with E-state index in [-0.39, 0.29) is 18.4 Å². The van der Waals surface area contributed by atoms with E-state index in [9.17, 15) is 9.59 Å². The van der Waals surface area contributed by atoms with Crippen molar-refractivity contribution in [3.8, 4) is 0 Å². The molecule has 2 amide bonds. The van der Waals surface area contributed by atoms with E-state index in [4.69, 9.17) is 0 Å². The SMILES string of the molecule is CCCCNC(=O)CN(C)C(=O)c1c[nH]c2ccccc12. The normalized spacial score (nSPS) is 10.6. The number of aromatic nitrogens is 1. The second-order valence-corrected chi connectivity index (χ2v) is 5.11. The molecule has 0 unspecified atom stereocenters. The average Bonchev–Trinajstić information content (AvgIpc) is 2.90. The van der Waals surface area contributed by atoms with Gasteiger partial charge in [0.1, 0.15) is 0 Å². The van der Waals surface area contributed by atoms with Crippen molar-refractivity contribution in [3.63, 3.8) is 0 Å². The van der Waals surface area contributed by atoms with Crippen molar-refractivity contribution in [3.05, 3.63) is 36.0 Å². The highest BCUT2D eigenvalue weighted by Crippen LogP contribution is 2.18. The van der Waals surface area contributed by atoms with Crippen molar-refractivity contribution < 1.29 is 9.59 Å². The third-order valence-corrected chi connectivity index (χ3v) is 3.40. The molecule has 0 spiro atoms. The van der Waals surface area contributed by atoms with E-state index in [2.05, 4.69) is 17.2 Å². The summed E-state index contributed by atoms with van der Waals surface area (Å²) in [5.41, 5.74) is 1.51. The molecular weight excluding hydrogens is 266 g/mol. The fourth-order valence-electron chi connectivity index (χ4n) is 2.20. The summed E-state index contributed by atoms with van der Waals surface area (Å²) >= 11 is 0. The molecule has 2 N–H and O–H groups in total. The highest BCUT2D eigenvalue weighted by molar-refractivity contribution is 6.07. The van der Waals surface area contributed by atoms with Crippen LogP contribution in [0.15, 0.2) is 30.5 Å². The van der Waals surface area contributed by atoms with Crippen molar-refractivity contribution in [2.24, 2.45) is 0 Å². The Morgan fingerprint density at radius 2 is 2.05 bits per heavy atom. The zero-order valence-electron chi connectivity index (χ0n) is 12.5. The molecule has 5 heteroatoms. The van der Waals surface area contributed by atoms with E-state index in [1.807, 2.05) is 24.3 Å². The van der Waals surface area contributed by atoms with Gasteiger partial charge in [-0.15, -0.1) is 0 Å². The molecule has 0 fully saturated rings. The molecule has 0 saturated heterocycles. The van der Waals surface area contributed by atoms with Gasteiger partial charge in [0.2, 0.25) is 5.91 Å². The van der Waals surface area contributed by atoms with Crippen LogP contribution in [0.25, 0.3) is 10.9 Å². The number of rotatable bonds is 6. The maximum absolute atomic E-state index is 12.4. The standard InChI is InChI=1S/C16H21N3O2/c1-3-4-9-17-15(20)11-19(2)16(21)13-10-18-14-8-6-5-7-12(13)14/h5-8,10,18H,3-4,9,11H2,1-2H3,(H,17,20). The van der Waals surface area contributed by atoms with Gasteiger partial charge in [-0.05, 0) is 12.5 Å². The number of aromatic amines is 1. The van der Waals surface area contributed by atoms with Gasteiger partial charge in [0.05, 0.1) is 12.1 Å². The Balaban J connectivity index is 2.01. The Bertz CT molecular complexity index is 633. The molecule has 21 heavy (non-hydrogen) atoms. The average molecular weight is 287 g/mol. The Hall–Kier alpha value is -2.30. The lowest BCUT2D eigenvalue weighted by Crippen LogP contribution is -2.38. The summed E-state index contributed by atoms with van der Waals surface area (Å²) in [5, 5.41) is 3.69. The number of fused-ring (bicyclic) bond motifs is 1. The molecule has 0 bridgehead atoms. The molecular formula is C16H21N3O2. The molecule has 1 aromatic carbocycles. The molecule has 0 saturated carbocycles. The Labute approximate surface area is 124 Å². The molecule has 0 radical (unpaired) electrons. The lowest BCUT2D eigenvalue weighted by molar-refractivity contribution is -0.121. The molecule has 0 atom stereocenters. The van der Waals surface area contributed by atoms with Crippen molar-refractivity contribution >= 4 is 22.7 Å². The number of nitrogens with one attached hydrogen (secondary N) is 2. The quantitative estimate of drug-likeness (QED) is 0.800. The fraction of sp³-hybridized carbons (Fsp3) is 0.375. The van der Waals surface area contributed by atoms with Crippen LogP contribution >= 0.6 is 0 Å². The number of H-pyrrole nitrogens is 1. The van der Waals surface area contributed by atoms with Crippen LogP contribution in [0.5, 0.6) is 0 Å². The van der Waals surface area contributed by atoms with Gasteiger partial charge >= 0.3 is 0 Å². The van der Waals surface area contributed by atoms with Gasteiger partial charge in [-0.3, -0.25) is 9.59 Å². The first-order valence-corrected chi connectivity index (χ1v) is 7.21. The highest BCUT2D eigenvalue weighted by atomic mass is 16.2. The Morgan fingerprint density at radius 3 is 2.81 bits per heavy atom. The van der Waals surface area contributed by atoms with Crippen molar-refractivity contribution in [2.45, 2.75) is 19.8 Å². The maximum atomic E-state index is 12.4. The summed E-state index contributed by atoms with van der Waals surface area (Å²) in [6.07, 6.45) is 3.68. The fourth-order valence-corrected chi connectivity index (χ4v) is 2.20. The Kier molecular flexibility index (Phi) is 4.98. The number of likely N-dealkylation sites (N-methyl/N-ethyl adjacent to an activating group) is 1. The summed E-state index contributed by atoms with van der Waals surface area (Å²) in [5.74, 6) is -0.280. The molecule has 5 nitrogen and oxygen atoms in total. The molecule has 1 heterocycles. The number of benzene rings is 1. The first kappa shape index (κ1) is 15.1. The number of hydrogen-bond donors (Lipinski definition) is 2. The summed E-state index contributed by atoms with van der Waals surface area (Å²) < 4.78 is 0. The van der Waals surface area contributed by atoms with Crippen molar-refractivity contribution in [2.75, 3.05) is 20.1 Å². The lowest BCUT2D eigenvalue weighted by atomic mass is 10.1. The summed E-state index contributed by atoms with van der Waals surface area (Å²) in [4.78, 5) is 28.7. The first-order chi connectivity index (χ1) is 10.1. The summed E-state index contributed by atoms with van der Waals surface area (Å²) in [7, 11) is 1.64. The second-order valence-electron chi connectivity index (χ2n) is 5.11. The largest absolute Gasteiger partial charge is 0.360 e. The van der Waals surface area contributed by atoms with E-state index < -0.39 is 0 Å². The van der Waals surface area contributed by atoms with Crippen LogP contribution in [0, 0.1) is 0 Å². The number of carbonyl (C=O) groups is 2.